The van der Waals surface area contributed by atoms with Crippen molar-refractivity contribution in [2.24, 2.45) is 0 Å². The molecule has 0 fully saturated rings. The average Bonchev–Trinajstić information content (AvgIpc) is 3.36. The van der Waals surface area contributed by atoms with Gasteiger partial charge >= 0.3 is 0 Å². The molecule has 0 aliphatic carbocycles. The smallest absolute Gasteiger partial charge is 0.227 e. The number of pyridine rings is 2. The van der Waals surface area contributed by atoms with Gasteiger partial charge in [0.25, 0.3) is 0 Å². The second-order valence-electron chi connectivity index (χ2n) is 8.95. The van der Waals surface area contributed by atoms with Gasteiger partial charge in [-0.15, -0.1) is 0 Å². The number of rotatable bonds is 4. The number of fused-ring (bicyclic) bond motifs is 4. The maximum absolute atomic E-state index is 6.13. The van der Waals surface area contributed by atoms with Gasteiger partial charge in [0.2, 0.25) is 5.71 Å². The molecule has 5 heteroatoms. The summed E-state index contributed by atoms with van der Waals surface area (Å²) in [5, 5.41) is 3.25. The molecule has 0 atom stereocenters. The summed E-state index contributed by atoms with van der Waals surface area (Å²) >= 11 is 2.31. The van der Waals surface area contributed by atoms with Crippen LogP contribution in [0.4, 0.5) is 0 Å². The number of nitrogens with zero attached hydrogens (tertiary/aromatic N) is 2. The molecule has 4 aromatic carbocycles. The van der Waals surface area contributed by atoms with E-state index in [1.165, 1.54) is 16.0 Å². The standard InChI is InChI=1S/C32H19IN2OS/c33-37-26-14-12-20(13-15-26)23-10-11-24-17-25(19-35-30(24)18-23)21-6-8-22(9-7-21)27-3-1-4-28-29-5-2-16-34-32(29)36-31(27)28/h1-19H. The van der Waals surface area contributed by atoms with Gasteiger partial charge in [-0.25, -0.2) is 4.98 Å². The van der Waals surface area contributed by atoms with Crippen molar-refractivity contribution in [2.75, 3.05) is 0 Å². The van der Waals surface area contributed by atoms with E-state index in [1.54, 1.807) is 15.1 Å². The second kappa shape index (κ2) is 9.32. The number of hydrogen-bond donors (Lipinski definition) is 0. The molecule has 0 radical (unpaired) electrons. The van der Waals surface area contributed by atoms with Crippen molar-refractivity contribution in [1.29, 1.82) is 0 Å². The molecule has 3 heterocycles. The van der Waals surface area contributed by atoms with Gasteiger partial charge in [-0.1, -0.05) is 75.7 Å². The maximum Gasteiger partial charge on any atom is 0.227 e. The Bertz CT molecular complexity index is 1910. The van der Waals surface area contributed by atoms with E-state index in [-0.39, 0.29) is 0 Å². The summed E-state index contributed by atoms with van der Waals surface area (Å²) in [5.41, 5.74) is 9.32. The van der Waals surface area contributed by atoms with Crippen molar-refractivity contribution < 1.29 is 4.42 Å². The van der Waals surface area contributed by atoms with Gasteiger partial charge in [0.1, 0.15) is 5.58 Å². The lowest BCUT2D eigenvalue weighted by atomic mass is 9.98. The number of hydrogen-bond acceptors (Lipinski definition) is 4. The molecule has 0 bridgehead atoms. The molecule has 37 heavy (non-hydrogen) atoms. The lowest BCUT2D eigenvalue weighted by Gasteiger charge is -2.08. The van der Waals surface area contributed by atoms with Crippen LogP contribution in [0.3, 0.4) is 0 Å². The largest absolute Gasteiger partial charge is 0.437 e. The van der Waals surface area contributed by atoms with Gasteiger partial charge in [0, 0.05) is 65.8 Å². The molecule has 0 aliphatic heterocycles. The van der Waals surface area contributed by atoms with Gasteiger partial charge in [0.05, 0.1) is 5.52 Å². The minimum Gasteiger partial charge on any atom is -0.437 e. The van der Waals surface area contributed by atoms with E-state index in [1.807, 2.05) is 12.3 Å². The SMILES string of the molecule is ISc1ccc(-c2ccc3cc(-c4ccc(-c5cccc6c5oc5ncccc56)cc4)cnc3c2)cc1. The fraction of sp³-hybridized carbons (Fsp3) is 0. The Balaban J connectivity index is 1.21. The Kier molecular flexibility index (Phi) is 5.67. The summed E-state index contributed by atoms with van der Waals surface area (Å²) in [6, 6.07) is 36.2. The minimum absolute atomic E-state index is 0.670. The van der Waals surface area contributed by atoms with Crippen molar-refractivity contribution in [3.05, 3.63) is 116 Å². The molecule has 0 amide bonds. The first-order chi connectivity index (χ1) is 18.3. The van der Waals surface area contributed by atoms with E-state index in [2.05, 4.69) is 123 Å². The van der Waals surface area contributed by atoms with Crippen LogP contribution in [0.5, 0.6) is 0 Å². The second-order valence-corrected chi connectivity index (χ2v) is 10.9. The number of benzene rings is 4. The highest BCUT2D eigenvalue weighted by Gasteiger charge is 2.13. The van der Waals surface area contributed by atoms with E-state index in [4.69, 9.17) is 9.40 Å². The van der Waals surface area contributed by atoms with Crippen molar-refractivity contribution in [2.45, 2.75) is 4.90 Å². The summed E-state index contributed by atoms with van der Waals surface area (Å²) in [6.45, 7) is 0. The lowest BCUT2D eigenvalue weighted by molar-refractivity contribution is 0.655. The average molecular weight is 606 g/mol. The number of para-hydroxylation sites is 1. The van der Waals surface area contributed by atoms with Crippen LogP contribution >= 0.6 is 30.1 Å². The van der Waals surface area contributed by atoms with E-state index in [0.29, 0.717) is 5.71 Å². The van der Waals surface area contributed by atoms with Crippen molar-refractivity contribution in [1.82, 2.24) is 9.97 Å². The Hall–Kier alpha value is -3.68. The van der Waals surface area contributed by atoms with E-state index >= 15 is 0 Å². The first kappa shape index (κ1) is 22.5. The van der Waals surface area contributed by atoms with Gasteiger partial charge in [-0.3, -0.25) is 4.98 Å². The molecule has 7 aromatic rings. The molecule has 0 aliphatic rings. The Morgan fingerprint density at radius 3 is 2.19 bits per heavy atom. The first-order valence-electron chi connectivity index (χ1n) is 11.9. The third-order valence-electron chi connectivity index (χ3n) is 6.77. The highest BCUT2D eigenvalue weighted by atomic mass is 127. The predicted octanol–water partition coefficient (Wildman–Crippen LogP) is 9.97. The van der Waals surface area contributed by atoms with Crippen LogP contribution in [0.25, 0.3) is 66.4 Å². The van der Waals surface area contributed by atoms with Crippen molar-refractivity contribution >= 4 is 63.1 Å². The number of halogens is 1. The van der Waals surface area contributed by atoms with E-state index in [0.717, 1.165) is 49.5 Å². The van der Waals surface area contributed by atoms with Crippen LogP contribution in [0, 0.1) is 0 Å². The molecule has 3 nitrogen and oxygen atoms in total. The fourth-order valence-electron chi connectivity index (χ4n) is 4.86. The summed E-state index contributed by atoms with van der Waals surface area (Å²) in [4.78, 5) is 10.4. The monoisotopic (exact) mass is 606 g/mol. The van der Waals surface area contributed by atoms with Gasteiger partial charge in [0.15, 0.2) is 0 Å². The van der Waals surface area contributed by atoms with Gasteiger partial charge < -0.3 is 4.42 Å². The van der Waals surface area contributed by atoms with Gasteiger partial charge in [-0.05, 0) is 58.7 Å². The molecule has 0 saturated heterocycles. The predicted molar refractivity (Wildman–Crippen MR) is 163 cm³/mol. The molecule has 0 N–H and O–H groups in total. The van der Waals surface area contributed by atoms with Crippen LogP contribution in [-0.4, -0.2) is 9.97 Å². The van der Waals surface area contributed by atoms with Crippen LogP contribution in [-0.2, 0) is 0 Å². The third kappa shape index (κ3) is 4.08. The van der Waals surface area contributed by atoms with Crippen LogP contribution < -0.4 is 0 Å². The number of furan rings is 1. The molecular formula is C32H19IN2OS. The Morgan fingerprint density at radius 1 is 0.622 bits per heavy atom. The Morgan fingerprint density at radius 2 is 1.35 bits per heavy atom. The molecular weight excluding hydrogens is 587 g/mol. The van der Waals surface area contributed by atoms with Crippen molar-refractivity contribution in [3.8, 4) is 33.4 Å². The molecule has 176 valence electrons. The zero-order valence-corrected chi connectivity index (χ0v) is 22.5. The topological polar surface area (TPSA) is 38.9 Å². The quantitative estimate of drug-likeness (QED) is 0.187. The highest BCUT2D eigenvalue weighted by molar-refractivity contribution is 14.2. The maximum atomic E-state index is 6.13. The summed E-state index contributed by atoms with van der Waals surface area (Å²) in [5.74, 6) is 0. The first-order valence-corrected chi connectivity index (χ1v) is 15.3. The van der Waals surface area contributed by atoms with Crippen LogP contribution in [0.1, 0.15) is 0 Å². The van der Waals surface area contributed by atoms with Crippen LogP contribution in [0.2, 0.25) is 0 Å². The van der Waals surface area contributed by atoms with E-state index < -0.39 is 0 Å². The fourth-order valence-corrected chi connectivity index (χ4v) is 5.98. The summed E-state index contributed by atoms with van der Waals surface area (Å²) < 4.78 is 6.13. The highest BCUT2D eigenvalue weighted by Crippen LogP contribution is 2.36. The van der Waals surface area contributed by atoms with Crippen molar-refractivity contribution in [3.63, 3.8) is 0 Å². The Labute approximate surface area is 230 Å². The minimum atomic E-state index is 0.670. The zero-order valence-electron chi connectivity index (χ0n) is 19.6. The normalized spacial score (nSPS) is 11.5. The van der Waals surface area contributed by atoms with Gasteiger partial charge in [-0.2, -0.15) is 0 Å². The summed E-state index contributed by atoms with van der Waals surface area (Å²) in [6.07, 6.45) is 3.73. The van der Waals surface area contributed by atoms with Crippen LogP contribution in [0.15, 0.2) is 125 Å². The molecule has 3 aromatic heterocycles. The summed E-state index contributed by atoms with van der Waals surface area (Å²) in [7, 11) is 1.73. The molecule has 0 unspecified atom stereocenters. The third-order valence-corrected chi connectivity index (χ3v) is 8.74. The molecule has 0 spiro atoms. The lowest BCUT2D eigenvalue weighted by Crippen LogP contribution is -1.86. The zero-order chi connectivity index (χ0) is 24.8. The molecule has 0 saturated carbocycles. The van der Waals surface area contributed by atoms with E-state index in [9.17, 15) is 0 Å². The number of aromatic nitrogens is 2. The molecule has 7 rings (SSSR count).